The number of nitrogens with zero attached hydrogens (tertiary/aromatic N) is 4. The molecule has 0 radical (unpaired) electrons. The average Bonchev–Trinajstić information content (AvgIpc) is 3.09. The van der Waals surface area contributed by atoms with Crippen LogP contribution in [0.25, 0.3) is 10.9 Å². The van der Waals surface area contributed by atoms with Crippen molar-refractivity contribution in [3.8, 4) is 11.5 Å². The number of aromatic nitrogens is 1. The maximum atomic E-state index is 6.09. The number of anilines is 1. The van der Waals surface area contributed by atoms with Crippen molar-refractivity contribution in [1.29, 1.82) is 0 Å². The van der Waals surface area contributed by atoms with Crippen molar-refractivity contribution in [3.63, 3.8) is 0 Å². The molecule has 3 aromatic rings. The van der Waals surface area contributed by atoms with Crippen molar-refractivity contribution >= 4 is 50.4 Å². The summed E-state index contributed by atoms with van der Waals surface area (Å²) in [7, 11) is 3.27. The Morgan fingerprint density at radius 1 is 1.04 bits per heavy atom. The second-order valence-electron chi connectivity index (χ2n) is 5.72. The number of hydrogen-bond acceptors (Lipinski definition) is 7. The summed E-state index contributed by atoms with van der Waals surface area (Å²) in [5.41, 5.74) is 2.40. The van der Waals surface area contributed by atoms with E-state index in [0.29, 0.717) is 21.5 Å². The second-order valence-corrected chi connectivity index (χ2v) is 6.91. The van der Waals surface area contributed by atoms with Crippen LogP contribution in [-0.4, -0.2) is 31.7 Å². The standard InChI is InChI=1S/C19H21ClN4O2S/c1-5-24(6-2)16-11-17(25-3)15(10-18(16)26-4)21-22-19-13-9-12(20)7-8-14(13)23-27-19/h7-11H,5-6H2,1-4H3. The molecule has 0 atom stereocenters. The van der Waals surface area contributed by atoms with Crippen LogP contribution in [0.4, 0.5) is 16.4 Å². The molecule has 0 fully saturated rings. The van der Waals surface area contributed by atoms with Crippen LogP contribution < -0.4 is 14.4 Å². The van der Waals surface area contributed by atoms with E-state index in [1.807, 2.05) is 30.3 Å². The minimum Gasteiger partial charge on any atom is -0.494 e. The Labute approximate surface area is 167 Å². The SMILES string of the molecule is CCN(CC)c1cc(OC)c(N=Nc2snc3ccc(Cl)cc23)cc1OC. The van der Waals surface area contributed by atoms with Gasteiger partial charge in [-0.2, -0.15) is 4.37 Å². The fraction of sp³-hybridized carbons (Fsp3) is 0.316. The monoisotopic (exact) mass is 404 g/mol. The van der Waals surface area contributed by atoms with Gasteiger partial charge in [-0.15, -0.1) is 10.2 Å². The summed E-state index contributed by atoms with van der Waals surface area (Å²) in [5, 5.41) is 11.0. The van der Waals surface area contributed by atoms with Crippen molar-refractivity contribution in [2.75, 3.05) is 32.2 Å². The third-order valence-electron chi connectivity index (χ3n) is 4.25. The van der Waals surface area contributed by atoms with Gasteiger partial charge in [-0.25, -0.2) is 0 Å². The number of ether oxygens (including phenoxy) is 2. The lowest BCUT2D eigenvalue weighted by atomic mass is 10.2. The van der Waals surface area contributed by atoms with Crippen LogP contribution >= 0.6 is 23.1 Å². The Balaban J connectivity index is 2.02. The molecule has 2 aromatic carbocycles. The number of hydrogen-bond donors (Lipinski definition) is 0. The molecule has 142 valence electrons. The van der Waals surface area contributed by atoms with Crippen LogP contribution in [0.5, 0.6) is 11.5 Å². The van der Waals surface area contributed by atoms with Gasteiger partial charge in [-0.3, -0.25) is 0 Å². The molecule has 0 unspecified atom stereocenters. The summed E-state index contributed by atoms with van der Waals surface area (Å²) in [5.74, 6) is 1.36. The molecule has 27 heavy (non-hydrogen) atoms. The summed E-state index contributed by atoms with van der Waals surface area (Å²) in [6.45, 7) is 5.93. The largest absolute Gasteiger partial charge is 0.494 e. The lowest BCUT2D eigenvalue weighted by Crippen LogP contribution is -2.22. The first-order chi connectivity index (χ1) is 13.1. The minimum absolute atomic E-state index is 0.592. The van der Waals surface area contributed by atoms with E-state index in [0.717, 1.165) is 35.4 Å². The van der Waals surface area contributed by atoms with Gasteiger partial charge in [0.05, 0.1) is 25.4 Å². The van der Waals surface area contributed by atoms with E-state index in [9.17, 15) is 0 Å². The third kappa shape index (κ3) is 3.99. The van der Waals surface area contributed by atoms with Crippen molar-refractivity contribution in [1.82, 2.24) is 4.37 Å². The van der Waals surface area contributed by atoms with Crippen LogP contribution in [0.2, 0.25) is 5.02 Å². The van der Waals surface area contributed by atoms with E-state index in [1.165, 1.54) is 11.5 Å². The molecule has 3 rings (SSSR count). The van der Waals surface area contributed by atoms with E-state index in [-0.39, 0.29) is 0 Å². The Hall–Kier alpha value is -2.38. The second kappa shape index (κ2) is 8.54. The highest BCUT2D eigenvalue weighted by atomic mass is 35.5. The molecule has 0 aliphatic rings. The van der Waals surface area contributed by atoms with Crippen LogP contribution in [0.3, 0.4) is 0 Å². The first kappa shape index (κ1) is 19.4. The summed E-state index contributed by atoms with van der Waals surface area (Å²) in [6, 6.07) is 9.30. The van der Waals surface area contributed by atoms with Gasteiger partial charge >= 0.3 is 0 Å². The molecule has 0 bridgehead atoms. The van der Waals surface area contributed by atoms with Crippen molar-refractivity contribution in [2.24, 2.45) is 10.2 Å². The number of methoxy groups -OCH3 is 2. The number of fused-ring (bicyclic) bond motifs is 1. The zero-order valence-electron chi connectivity index (χ0n) is 15.7. The van der Waals surface area contributed by atoms with E-state index < -0.39 is 0 Å². The van der Waals surface area contributed by atoms with Crippen LogP contribution in [0.1, 0.15) is 13.8 Å². The van der Waals surface area contributed by atoms with Gasteiger partial charge in [-0.05, 0) is 43.6 Å². The number of halogens is 1. The quantitative estimate of drug-likeness (QED) is 0.438. The molecule has 0 aliphatic heterocycles. The Bertz CT molecular complexity index is 970. The summed E-state index contributed by atoms with van der Waals surface area (Å²) in [6.07, 6.45) is 0. The molecular formula is C19H21ClN4O2S. The Kier molecular flexibility index (Phi) is 6.13. The van der Waals surface area contributed by atoms with Gasteiger partial charge in [0.25, 0.3) is 0 Å². The lowest BCUT2D eigenvalue weighted by Gasteiger charge is -2.24. The maximum absolute atomic E-state index is 6.09. The maximum Gasteiger partial charge on any atom is 0.166 e. The molecule has 1 heterocycles. The molecule has 0 saturated heterocycles. The van der Waals surface area contributed by atoms with Crippen molar-refractivity contribution in [2.45, 2.75) is 13.8 Å². The van der Waals surface area contributed by atoms with Gasteiger partial charge in [0.1, 0.15) is 17.2 Å². The fourth-order valence-electron chi connectivity index (χ4n) is 2.83. The zero-order chi connectivity index (χ0) is 19.4. The molecule has 0 aliphatic carbocycles. The normalized spacial score (nSPS) is 11.3. The van der Waals surface area contributed by atoms with Crippen molar-refractivity contribution < 1.29 is 9.47 Å². The zero-order valence-corrected chi connectivity index (χ0v) is 17.3. The number of rotatable bonds is 7. The molecule has 1 aromatic heterocycles. The lowest BCUT2D eigenvalue weighted by molar-refractivity contribution is 0.404. The molecule has 0 N–H and O–H groups in total. The van der Waals surface area contributed by atoms with Crippen LogP contribution in [0, 0.1) is 0 Å². The van der Waals surface area contributed by atoms with Gasteiger partial charge in [0, 0.05) is 35.6 Å². The molecular weight excluding hydrogens is 384 g/mol. The summed E-state index contributed by atoms with van der Waals surface area (Å²) in [4.78, 5) is 2.20. The minimum atomic E-state index is 0.592. The molecule has 0 amide bonds. The fourth-order valence-corrected chi connectivity index (χ4v) is 3.68. The Morgan fingerprint density at radius 3 is 2.44 bits per heavy atom. The topological polar surface area (TPSA) is 59.3 Å². The first-order valence-corrected chi connectivity index (χ1v) is 9.74. The van der Waals surface area contributed by atoms with E-state index in [2.05, 4.69) is 33.3 Å². The van der Waals surface area contributed by atoms with Gasteiger partial charge in [-0.1, -0.05) is 11.6 Å². The van der Waals surface area contributed by atoms with E-state index >= 15 is 0 Å². The van der Waals surface area contributed by atoms with E-state index in [4.69, 9.17) is 21.1 Å². The van der Waals surface area contributed by atoms with Gasteiger partial charge in [0.15, 0.2) is 5.00 Å². The van der Waals surface area contributed by atoms with Crippen LogP contribution in [-0.2, 0) is 0 Å². The molecule has 6 nitrogen and oxygen atoms in total. The molecule has 0 saturated carbocycles. The third-order valence-corrected chi connectivity index (χ3v) is 5.25. The van der Waals surface area contributed by atoms with Gasteiger partial charge < -0.3 is 14.4 Å². The first-order valence-electron chi connectivity index (χ1n) is 8.58. The number of azo groups is 1. The number of benzene rings is 2. The Morgan fingerprint density at radius 2 is 1.78 bits per heavy atom. The molecule has 8 heteroatoms. The smallest absolute Gasteiger partial charge is 0.166 e. The average molecular weight is 405 g/mol. The van der Waals surface area contributed by atoms with Crippen LogP contribution in [0.15, 0.2) is 40.6 Å². The van der Waals surface area contributed by atoms with E-state index in [1.54, 1.807) is 14.2 Å². The highest BCUT2D eigenvalue weighted by Crippen LogP contribution is 2.41. The molecule has 0 spiro atoms. The van der Waals surface area contributed by atoms with Crippen molar-refractivity contribution in [3.05, 3.63) is 35.4 Å². The highest BCUT2D eigenvalue weighted by molar-refractivity contribution is 7.11. The predicted molar refractivity (Wildman–Crippen MR) is 112 cm³/mol. The summed E-state index contributed by atoms with van der Waals surface area (Å²) < 4.78 is 15.5. The summed E-state index contributed by atoms with van der Waals surface area (Å²) >= 11 is 7.37. The predicted octanol–water partition coefficient (Wildman–Crippen LogP) is 6.23. The highest BCUT2D eigenvalue weighted by Gasteiger charge is 2.15. The van der Waals surface area contributed by atoms with Gasteiger partial charge in [0.2, 0.25) is 0 Å².